The second kappa shape index (κ2) is 10.3. The van der Waals surface area contributed by atoms with Crippen LogP contribution in [0, 0.1) is 6.92 Å². The van der Waals surface area contributed by atoms with Crippen LogP contribution in [0.25, 0.3) is 10.9 Å². The maximum Gasteiger partial charge on any atom is 0.220 e. The van der Waals surface area contributed by atoms with Gasteiger partial charge in [0.25, 0.3) is 0 Å². The van der Waals surface area contributed by atoms with E-state index in [9.17, 15) is 4.79 Å². The predicted octanol–water partition coefficient (Wildman–Crippen LogP) is 4.86. The maximum absolute atomic E-state index is 12.2. The van der Waals surface area contributed by atoms with Gasteiger partial charge in [-0.05, 0) is 50.8 Å². The molecule has 1 amide bonds. The van der Waals surface area contributed by atoms with E-state index in [1.807, 2.05) is 13.8 Å². The zero-order valence-corrected chi connectivity index (χ0v) is 17.8. The first kappa shape index (κ1) is 21.1. The van der Waals surface area contributed by atoms with Gasteiger partial charge in [0.2, 0.25) is 5.91 Å². The fourth-order valence-electron chi connectivity index (χ4n) is 3.50. The lowest BCUT2D eigenvalue weighted by atomic mass is 10.1. The first-order chi connectivity index (χ1) is 14.0. The Morgan fingerprint density at radius 3 is 2.62 bits per heavy atom. The maximum atomic E-state index is 12.2. The number of rotatable bonds is 10. The summed E-state index contributed by atoms with van der Waals surface area (Å²) in [5, 5.41) is 4.23. The molecule has 3 rings (SSSR count). The Morgan fingerprint density at radius 2 is 1.86 bits per heavy atom. The molecular formula is C25H32N2O2. The van der Waals surface area contributed by atoms with Crippen molar-refractivity contribution in [3.05, 3.63) is 71.4 Å². The van der Waals surface area contributed by atoms with Crippen molar-refractivity contribution in [2.24, 2.45) is 0 Å². The van der Waals surface area contributed by atoms with Gasteiger partial charge in [0.1, 0.15) is 0 Å². The number of nitrogens with zero attached hydrogens (tertiary/aromatic N) is 1. The van der Waals surface area contributed by atoms with Gasteiger partial charge in [-0.15, -0.1) is 0 Å². The van der Waals surface area contributed by atoms with E-state index in [1.54, 1.807) is 0 Å². The Bertz CT molecular complexity index is 926. The lowest BCUT2D eigenvalue weighted by Crippen LogP contribution is -2.25. The number of aryl methyl sites for hydroxylation is 2. The summed E-state index contributed by atoms with van der Waals surface area (Å²) in [5.41, 5.74) is 5.00. The van der Waals surface area contributed by atoms with E-state index in [4.69, 9.17) is 4.74 Å². The first-order valence-corrected chi connectivity index (χ1v) is 10.5. The van der Waals surface area contributed by atoms with Gasteiger partial charge in [-0.2, -0.15) is 0 Å². The van der Waals surface area contributed by atoms with Crippen molar-refractivity contribution >= 4 is 16.8 Å². The minimum atomic E-state index is 0.102. The van der Waals surface area contributed by atoms with E-state index in [1.165, 1.54) is 27.6 Å². The standard InChI is InChI=1S/C25H32N2O2/c1-19(2)29-16-6-15-26-25(28)14-13-22-18-27(24-8-5-4-7-23(22)24)17-21-11-9-20(3)10-12-21/h4-5,7-12,18-19H,6,13-17H2,1-3H3,(H,26,28). The molecule has 0 aliphatic carbocycles. The molecule has 0 aliphatic rings. The van der Waals surface area contributed by atoms with Crippen LogP contribution in [0.1, 0.15) is 43.4 Å². The third-order valence-electron chi connectivity index (χ3n) is 5.06. The molecule has 0 spiro atoms. The number of hydrogen-bond acceptors (Lipinski definition) is 2. The minimum absolute atomic E-state index is 0.102. The van der Waals surface area contributed by atoms with Gasteiger partial charge in [-0.25, -0.2) is 0 Å². The fourth-order valence-corrected chi connectivity index (χ4v) is 3.50. The van der Waals surface area contributed by atoms with Crippen LogP contribution in [0.2, 0.25) is 0 Å². The number of benzene rings is 2. The third-order valence-corrected chi connectivity index (χ3v) is 5.06. The number of carbonyl (C=O) groups is 1. The highest BCUT2D eigenvalue weighted by Gasteiger charge is 2.10. The van der Waals surface area contributed by atoms with Gasteiger partial charge in [0.15, 0.2) is 0 Å². The molecule has 4 nitrogen and oxygen atoms in total. The highest BCUT2D eigenvalue weighted by atomic mass is 16.5. The average Bonchev–Trinajstić information content (AvgIpc) is 3.05. The molecule has 0 saturated heterocycles. The van der Waals surface area contributed by atoms with Crippen molar-refractivity contribution in [2.45, 2.75) is 52.7 Å². The number of carbonyl (C=O) groups excluding carboxylic acids is 1. The highest BCUT2D eigenvalue weighted by molar-refractivity contribution is 5.85. The molecule has 0 saturated carbocycles. The zero-order valence-electron chi connectivity index (χ0n) is 17.8. The van der Waals surface area contributed by atoms with Crippen molar-refractivity contribution in [3.8, 4) is 0 Å². The third kappa shape index (κ3) is 6.20. The summed E-state index contributed by atoms with van der Waals surface area (Å²) < 4.78 is 7.79. The fraction of sp³-hybridized carbons (Fsp3) is 0.400. The monoisotopic (exact) mass is 392 g/mol. The number of amides is 1. The van der Waals surface area contributed by atoms with E-state index in [-0.39, 0.29) is 12.0 Å². The Kier molecular flexibility index (Phi) is 7.48. The van der Waals surface area contributed by atoms with Crippen LogP contribution < -0.4 is 5.32 Å². The summed E-state index contributed by atoms with van der Waals surface area (Å²) in [7, 11) is 0. The molecule has 0 atom stereocenters. The first-order valence-electron chi connectivity index (χ1n) is 10.5. The van der Waals surface area contributed by atoms with E-state index < -0.39 is 0 Å². The van der Waals surface area contributed by atoms with Gasteiger partial charge < -0.3 is 14.6 Å². The van der Waals surface area contributed by atoms with Gasteiger partial charge in [0, 0.05) is 43.2 Å². The summed E-state index contributed by atoms with van der Waals surface area (Å²) >= 11 is 0. The minimum Gasteiger partial charge on any atom is -0.379 e. The quantitative estimate of drug-likeness (QED) is 0.501. The van der Waals surface area contributed by atoms with E-state index >= 15 is 0 Å². The molecule has 0 unspecified atom stereocenters. The van der Waals surface area contributed by atoms with Crippen LogP contribution in [0.3, 0.4) is 0 Å². The Balaban J connectivity index is 1.59. The van der Waals surface area contributed by atoms with E-state index in [0.29, 0.717) is 19.6 Å². The molecule has 0 fully saturated rings. The Hall–Kier alpha value is -2.59. The summed E-state index contributed by atoms with van der Waals surface area (Å²) in [6.45, 7) is 8.34. The molecule has 4 heteroatoms. The molecule has 0 bridgehead atoms. The lowest BCUT2D eigenvalue weighted by Gasteiger charge is -2.08. The number of fused-ring (bicyclic) bond motifs is 1. The van der Waals surface area contributed by atoms with Gasteiger partial charge in [-0.1, -0.05) is 48.0 Å². The second-order valence-corrected chi connectivity index (χ2v) is 7.91. The van der Waals surface area contributed by atoms with Crippen molar-refractivity contribution in [1.82, 2.24) is 9.88 Å². The Morgan fingerprint density at radius 1 is 1.10 bits per heavy atom. The topological polar surface area (TPSA) is 43.3 Å². The largest absolute Gasteiger partial charge is 0.379 e. The zero-order chi connectivity index (χ0) is 20.6. The second-order valence-electron chi connectivity index (χ2n) is 7.91. The summed E-state index contributed by atoms with van der Waals surface area (Å²) in [6, 6.07) is 17.1. The molecule has 29 heavy (non-hydrogen) atoms. The molecule has 1 aromatic heterocycles. The summed E-state index contributed by atoms with van der Waals surface area (Å²) in [5.74, 6) is 0.102. The van der Waals surface area contributed by atoms with Crippen LogP contribution >= 0.6 is 0 Å². The van der Waals surface area contributed by atoms with Crippen LogP contribution in [-0.4, -0.2) is 29.7 Å². The molecule has 1 heterocycles. The molecule has 1 N–H and O–H groups in total. The molecule has 154 valence electrons. The number of hydrogen-bond donors (Lipinski definition) is 1. The summed E-state index contributed by atoms with van der Waals surface area (Å²) in [4.78, 5) is 12.2. The van der Waals surface area contributed by atoms with Crippen LogP contribution in [-0.2, 0) is 22.5 Å². The van der Waals surface area contributed by atoms with Crippen molar-refractivity contribution in [1.29, 1.82) is 0 Å². The average molecular weight is 393 g/mol. The van der Waals surface area contributed by atoms with Gasteiger partial charge in [-0.3, -0.25) is 4.79 Å². The van der Waals surface area contributed by atoms with Crippen LogP contribution in [0.15, 0.2) is 54.7 Å². The SMILES string of the molecule is Cc1ccc(Cn2cc(CCC(=O)NCCCOC(C)C)c3ccccc32)cc1. The number of aromatic nitrogens is 1. The van der Waals surface area contributed by atoms with Crippen molar-refractivity contribution in [2.75, 3.05) is 13.2 Å². The van der Waals surface area contributed by atoms with Crippen molar-refractivity contribution in [3.63, 3.8) is 0 Å². The van der Waals surface area contributed by atoms with Crippen LogP contribution in [0.5, 0.6) is 0 Å². The molecule has 0 aliphatic heterocycles. The van der Waals surface area contributed by atoms with Gasteiger partial charge in [0.05, 0.1) is 6.10 Å². The van der Waals surface area contributed by atoms with Gasteiger partial charge >= 0.3 is 0 Å². The number of nitrogens with one attached hydrogen (secondary N) is 1. The normalized spacial score (nSPS) is 11.3. The molecule has 3 aromatic rings. The van der Waals surface area contributed by atoms with E-state index in [0.717, 1.165) is 19.4 Å². The number of ether oxygens (including phenoxy) is 1. The lowest BCUT2D eigenvalue weighted by molar-refractivity contribution is -0.121. The molecular weight excluding hydrogens is 360 g/mol. The summed E-state index contributed by atoms with van der Waals surface area (Å²) in [6.07, 6.45) is 4.54. The Labute approximate surface area is 173 Å². The smallest absolute Gasteiger partial charge is 0.220 e. The van der Waals surface area contributed by atoms with E-state index in [2.05, 4.69) is 71.5 Å². The number of para-hydroxylation sites is 1. The molecule has 2 aromatic carbocycles. The molecule has 0 radical (unpaired) electrons. The highest BCUT2D eigenvalue weighted by Crippen LogP contribution is 2.23. The van der Waals surface area contributed by atoms with Crippen molar-refractivity contribution < 1.29 is 9.53 Å². The predicted molar refractivity (Wildman–Crippen MR) is 119 cm³/mol. The van der Waals surface area contributed by atoms with Crippen LogP contribution in [0.4, 0.5) is 0 Å².